The Bertz CT molecular complexity index is 494. The fourth-order valence-corrected chi connectivity index (χ4v) is 2.79. The molecule has 0 fully saturated rings. The van der Waals surface area contributed by atoms with Gasteiger partial charge in [0.2, 0.25) is 0 Å². The molecule has 0 spiro atoms. The highest BCUT2D eigenvalue weighted by Crippen LogP contribution is 2.24. The monoisotopic (exact) mass is 278 g/mol. The van der Waals surface area contributed by atoms with Crippen molar-refractivity contribution < 1.29 is 0 Å². The van der Waals surface area contributed by atoms with Gasteiger partial charge in [0.15, 0.2) is 0 Å². The molecule has 0 saturated heterocycles. The summed E-state index contributed by atoms with van der Waals surface area (Å²) in [5, 5.41) is 6.69. The number of aryl methyl sites for hydroxylation is 1. The molecule has 1 aromatic carbocycles. The summed E-state index contributed by atoms with van der Waals surface area (Å²) in [7, 11) is 0. The van der Waals surface area contributed by atoms with Crippen LogP contribution in [0.2, 0.25) is 0 Å². The van der Waals surface area contributed by atoms with Crippen molar-refractivity contribution in [1.29, 1.82) is 0 Å². The molecule has 0 atom stereocenters. The van der Waals surface area contributed by atoms with Crippen LogP contribution in [0.15, 0.2) is 29.6 Å². The number of thiazole rings is 1. The van der Waals surface area contributed by atoms with Crippen LogP contribution in [-0.2, 0) is 0 Å². The smallest absolute Gasteiger partial charge is 0.0901 e. The van der Waals surface area contributed by atoms with Gasteiger partial charge in [0, 0.05) is 23.2 Å². The predicted molar refractivity (Wildman–Crippen MR) is 83.8 cm³/mol. The van der Waals surface area contributed by atoms with Gasteiger partial charge < -0.3 is 5.32 Å². The van der Waals surface area contributed by atoms with Gasteiger partial charge in [-0.05, 0) is 37.5 Å². The maximum Gasteiger partial charge on any atom is 0.0901 e. The van der Waals surface area contributed by atoms with Crippen LogP contribution in [0.3, 0.4) is 0 Å². The highest BCUT2D eigenvalue weighted by atomic mass is 32.2. The number of benzene rings is 1. The Morgan fingerprint density at radius 1 is 1.39 bits per heavy atom. The van der Waals surface area contributed by atoms with Gasteiger partial charge in [0.1, 0.15) is 0 Å². The molecule has 0 aliphatic carbocycles. The third kappa shape index (κ3) is 3.75. The van der Waals surface area contributed by atoms with E-state index in [0.29, 0.717) is 0 Å². The zero-order valence-electron chi connectivity index (χ0n) is 10.8. The highest BCUT2D eigenvalue weighted by molar-refractivity contribution is 7.98. The second-order valence-corrected chi connectivity index (χ2v) is 6.15. The SMILES string of the molecule is CSCCCNc1cccc(-c2csc(C)n2)c1. The minimum absolute atomic E-state index is 1.03. The number of nitrogens with zero attached hydrogens (tertiary/aromatic N) is 1. The molecule has 0 unspecified atom stereocenters. The Labute approximate surface area is 117 Å². The largest absolute Gasteiger partial charge is 0.385 e. The van der Waals surface area contributed by atoms with Crippen LogP contribution in [-0.4, -0.2) is 23.5 Å². The molecule has 1 N–H and O–H groups in total. The number of anilines is 1. The normalized spacial score (nSPS) is 10.6. The van der Waals surface area contributed by atoms with Crippen LogP contribution in [0.4, 0.5) is 5.69 Å². The van der Waals surface area contributed by atoms with Crippen molar-refractivity contribution in [3.63, 3.8) is 0 Å². The molecule has 0 radical (unpaired) electrons. The lowest BCUT2D eigenvalue weighted by molar-refractivity contribution is 0.993. The molecule has 1 heterocycles. The fraction of sp³-hybridized carbons (Fsp3) is 0.357. The number of rotatable bonds is 6. The minimum atomic E-state index is 1.03. The Balaban J connectivity index is 2.01. The molecule has 0 saturated carbocycles. The standard InChI is InChI=1S/C14H18N2S2/c1-11-16-14(10-18-11)12-5-3-6-13(9-12)15-7-4-8-17-2/h3,5-6,9-10,15H,4,7-8H2,1-2H3. The molecule has 18 heavy (non-hydrogen) atoms. The molecule has 0 amide bonds. The zero-order valence-corrected chi connectivity index (χ0v) is 12.4. The number of aromatic nitrogens is 1. The van der Waals surface area contributed by atoms with Crippen LogP contribution in [0.1, 0.15) is 11.4 Å². The lowest BCUT2D eigenvalue weighted by atomic mass is 10.1. The molecule has 0 bridgehead atoms. The first-order chi connectivity index (χ1) is 8.79. The van der Waals surface area contributed by atoms with Gasteiger partial charge in [-0.25, -0.2) is 4.98 Å². The average molecular weight is 278 g/mol. The summed E-state index contributed by atoms with van der Waals surface area (Å²) in [4.78, 5) is 4.52. The van der Waals surface area contributed by atoms with E-state index in [-0.39, 0.29) is 0 Å². The van der Waals surface area contributed by atoms with E-state index in [9.17, 15) is 0 Å². The summed E-state index contributed by atoms with van der Waals surface area (Å²) >= 11 is 3.59. The van der Waals surface area contributed by atoms with E-state index in [1.54, 1.807) is 11.3 Å². The number of hydrogen-bond donors (Lipinski definition) is 1. The first-order valence-electron chi connectivity index (χ1n) is 6.05. The maximum atomic E-state index is 4.52. The summed E-state index contributed by atoms with van der Waals surface area (Å²) in [6.45, 7) is 3.07. The van der Waals surface area contributed by atoms with Crippen LogP contribution >= 0.6 is 23.1 Å². The zero-order chi connectivity index (χ0) is 12.8. The molecule has 0 aliphatic heterocycles. The summed E-state index contributed by atoms with van der Waals surface area (Å²) in [6.07, 6.45) is 3.34. The summed E-state index contributed by atoms with van der Waals surface area (Å²) < 4.78 is 0. The van der Waals surface area contributed by atoms with E-state index in [1.165, 1.54) is 23.4 Å². The van der Waals surface area contributed by atoms with Crippen molar-refractivity contribution in [2.45, 2.75) is 13.3 Å². The van der Waals surface area contributed by atoms with Crippen molar-refractivity contribution in [3.8, 4) is 11.3 Å². The molecular formula is C14H18N2S2. The Morgan fingerprint density at radius 3 is 3.00 bits per heavy atom. The number of nitrogens with one attached hydrogen (secondary N) is 1. The second kappa shape index (κ2) is 6.81. The molecular weight excluding hydrogens is 260 g/mol. The van der Waals surface area contributed by atoms with Gasteiger partial charge in [-0.2, -0.15) is 11.8 Å². The van der Waals surface area contributed by atoms with Crippen LogP contribution in [0.25, 0.3) is 11.3 Å². The van der Waals surface area contributed by atoms with Gasteiger partial charge in [-0.15, -0.1) is 11.3 Å². The number of thioether (sulfide) groups is 1. The third-order valence-corrected chi connectivity index (χ3v) is 4.10. The van der Waals surface area contributed by atoms with Crippen LogP contribution < -0.4 is 5.32 Å². The van der Waals surface area contributed by atoms with Crippen molar-refractivity contribution in [2.24, 2.45) is 0 Å². The van der Waals surface area contributed by atoms with Crippen LogP contribution in [0, 0.1) is 6.92 Å². The molecule has 1 aromatic heterocycles. The van der Waals surface area contributed by atoms with E-state index < -0.39 is 0 Å². The molecule has 2 nitrogen and oxygen atoms in total. The van der Waals surface area contributed by atoms with E-state index in [0.717, 1.165) is 17.2 Å². The van der Waals surface area contributed by atoms with E-state index >= 15 is 0 Å². The first-order valence-corrected chi connectivity index (χ1v) is 8.32. The quantitative estimate of drug-likeness (QED) is 0.798. The van der Waals surface area contributed by atoms with Gasteiger partial charge in [-0.1, -0.05) is 12.1 Å². The summed E-state index contributed by atoms with van der Waals surface area (Å²) in [5.74, 6) is 1.21. The molecule has 96 valence electrons. The van der Waals surface area contributed by atoms with E-state index in [2.05, 4.69) is 46.2 Å². The van der Waals surface area contributed by atoms with Crippen molar-refractivity contribution in [2.75, 3.05) is 23.9 Å². The maximum absolute atomic E-state index is 4.52. The van der Waals surface area contributed by atoms with Crippen molar-refractivity contribution >= 4 is 28.8 Å². The molecule has 0 aliphatic rings. The van der Waals surface area contributed by atoms with Gasteiger partial charge >= 0.3 is 0 Å². The lowest BCUT2D eigenvalue weighted by Gasteiger charge is -2.07. The third-order valence-electron chi connectivity index (χ3n) is 2.63. The van der Waals surface area contributed by atoms with Gasteiger partial charge in [0.05, 0.1) is 10.7 Å². The Hall–Kier alpha value is -1.00. The highest BCUT2D eigenvalue weighted by Gasteiger charge is 2.02. The van der Waals surface area contributed by atoms with Crippen molar-refractivity contribution in [1.82, 2.24) is 4.98 Å². The molecule has 2 aromatic rings. The Morgan fingerprint density at radius 2 is 2.28 bits per heavy atom. The van der Waals surface area contributed by atoms with Crippen molar-refractivity contribution in [3.05, 3.63) is 34.7 Å². The van der Waals surface area contributed by atoms with Gasteiger partial charge in [-0.3, -0.25) is 0 Å². The summed E-state index contributed by atoms with van der Waals surface area (Å²) in [6, 6.07) is 8.48. The van der Waals surface area contributed by atoms with E-state index in [1.807, 2.05) is 18.7 Å². The lowest BCUT2D eigenvalue weighted by Crippen LogP contribution is -2.02. The fourth-order valence-electron chi connectivity index (χ4n) is 1.73. The first kappa shape index (κ1) is 13.4. The second-order valence-electron chi connectivity index (χ2n) is 4.11. The van der Waals surface area contributed by atoms with Gasteiger partial charge in [0.25, 0.3) is 0 Å². The van der Waals surface area contributed by atoms with Crippen LogP contribution in [0.5, 0.6) is 0 Å². The summed E-state index contributed by atoms with van der Waals surface area (Å²) in [5.41, 5.74) is 3.44. The minimum Gasteiger partial charge on any atom is -0.385 e. The average Bonchev–Trinajstić information content (AvgIpc) is 2.82. The topological polar surface area (TPSA) is 24.9 Å². The number of hydrogen-bond acceptors (Lipinski definition) is 4. The molecule has 4 heteroatoms. The Kier molecular flexibility index (Phi) is 5.08. The predicted octanol–water partition coefficient (Wildman–Crippen LogP) is 4.28. The molecule has 2 rings (SSSR count). The van der Waals surface area contributed by atoms with E-state index in [4.69, 9.17) is 0 Å².